The van der Waals surface area contributed by atoms with Crippen molar-refractivity contribution >= 4 is 10.0 Å². The Morgan fingerprint density at radius 1 is 1.00 bits per heavy atom. The van der Waals surface area contributed by atoms with E-state index in [0.29, 0.717) is 19.6 Å². The summed E-state index contributed by atoms with van der Waals surface area (Å²) >= 11 is 0. The van der Waals surface area contributed by atoms with Crippen LogP contribution in [0.3, 0.4) is 0 Å². The van der Waals surface area contributed by atoms with Crippen molar-refractivity contribution in [3.63, 3.8) is 0 Å². The quantitative estimate of drug-likeness (QED) is 0.716. The summed E-state index contributed by atoms with van der Waals surface area (Å²) in [6.07, 6.45) is 0.961. The lowest BCUT2D eigenvalue weighted by molar-refractivity contribution is 0.357. The van der Waals surface area contributed by atoms with Gasteiger partial charge in [-0.3, -0.25) is 0 Å². The van der Waals surface area contributed by atoms with E-state index in [2.05, 4.69) is 16.1 Å². The number of nitrogens with one attached hydrogen (secondary N) is 2. The van der Waals surface area contributed by atoms with Gasteiger partial charge < -0.3 is 10.1 Å². The van der Waals surface area contributed by atoms with Crippen molar-refractivity contribution in [2.45, 2.75) is 18.7 Å². The van der Waals surface area contributed by atoms with Gasteiger partial charge in [0.05, 0.1) is 12.4 Å². The summed E-state index contributed by atoms with van der Waals surface area (Å²) in [5.74, 6) is 0.992. The van der Waals surface area contributed by atoms with E-state index in [4.69, 9.17) is 4.74 Å². The highest BCUT2D eigenvalue weighted by molar-refractivity contribution is 7.88. The zero-order valence-corrected chi connectivity index (χ0v) is 14.3. The summed E-state index contributed by atoms with van der Waals surface area (Å²) in [7, 11) is -3.29. The Kier molecular flexibility index (Phi) is 5.50. The number of hydrogen-bond donors (Lipinski definition) is 2. The van der Waals surface area contributed by atoms with Crippen LogP contribution in [0.1, 0.15) is 16.7 Å². The molecule has 24 heavy (non-hydrogen) atoms. The maximum absolute atomic E-state index is 12.0. The van der Waals surface area contributed by atoms with E-state index in [9.17, 15) is 8.42 Å². The first-order chi connectivity index (χ1) is 11.6. The normalized spacial score (nSPS) is 13.5. The van der Waals surface area contributed by atoms with Gasteiger partial charge in [0.15, 0.2) is 0 Å². The zero-order chi connectivity index (χ0) is 16.8. The molecular weight excluding hydrogens is 324 g/mol. The number of fused-ring (bicyclic) bond motifs is 1. The van der Waals surface area contributed by atoms with Gasteiger partial charge in [-0.25, -0.2) is 13.1 Å². The van der Waals surface area contributed by atoms with Crippen molar-refractivity contribution < 1.29 is 13.2 Å². The second kappa shape index (κ2) is 7.79. The molecular formula is C18H22N2O3S. The smallest absolute Gasteiger partial charge is 0.215 e. The van der Waals surface area contributed by atoms with Crippen LogP contribution in [0.15, 0.2) is 48.5 Å². The van der Waals surface area contributed by atoms with Crippen molar-refractivity contribution in [2.75, 3.05) is 19.7 Å². The molecule has 0 aromatic heterocycles. The molecule has 0 atom stereocenters. The standard InChI is InChI=1S/C18H22N2O3S/c21-24(22,14-15-4-2-1-3-5-15)20-10-9-19-13-16-6-7-18-17(12-16)8-11-23-18/h1-7,12,19-20H,8-11,13-14H2. The van der Waals surface area contributed by atoms with Crippen LogP contribution in [0, 0.1) is 0 Å². The summed E-state index contributed by atoms with van der Waals surface area (Å²) in [5.41, 5.74) is 3.22. The molecule has 0 unspecified atom stereocenters. The first-order valence-corrected chi connectivity index (χ1v) is 9.74. The number of benzene rings is 2. The molecule has 0 radical (unpaired) electrons. The van der Waals surface area contributed by atoms with E-state index in [1.165, 1.54) is 11.1 Å². The van der Waals surface area contributed by atoms with Gasteiger partial charge in [0.25, 0.3) is 0 Å². The van der Waals surface area contributed by atoms with Gasteiger partial charge in [-0.1, -0.05) is 42.5 Å². The Labute approximate surface area is 143 Å². The van der Waals surface area contributed by atoms with Crippen LogP contribution in [0.5, 0.6) is 5.75 Å². The molecule has 0 spiro atoms. The fraction of sp³-hybridized carbons (Fsp3) is 0.333. The zero-order valence-electron chi connectivity index (χ0n) is 13.5. The van der Waals surface area contributed by atoms with Crippen LogP contribution in [-0.4, -0.2) is 28.1 Å². The van der Waals surface area contributed by atoms with Crippen molar-refractivity contribution in [1.82, 2.24) is 10.0 Å². The topological polar surface area (TPSA) is 67.4 Å². The molecule has 0 bridgehead atoms. The molecule has 0 saturated heterocycles. The Morgan fingerprint density at radius 3 is 2.67 bits per heavy atom. The minimum atomic E-state index is -3.29. The summed E-state index contributed by atoms with van der Waals surface area (Å²) in [4.78, 5) is 0. The molecule has 0 fully saturated rings. The molecule has 0 saturated carbocycles. The largest absolute Gasteiger partial charge is 0.493 e. The Balaban J connectivity index is 1.39. The van der Waals surface area contributed by atoms with Crippen molar-refractivity contribution in [1.29, 1.82) is 0 Å². The third-order valence-electron chi connectivity index (χ3n) is 3.91. The molecule has 2 aromatic rings. The number of rotatable bonds is 8. The molecule has 128 valence electrons. The van der Waals surface area contributed by atoms with E-state index in [-0.39, 0.29) is 5.75 Å². The monoisotopic (exact) mass is 346 g/mol. The summed E-state index contributed by atoms with van der Waals surface area (Å²) in [5, 5.41) is 3.26. The number of sulfonamides is 1. The predicted octanol–water partition coefficient (Wildman–Crippen LogP) is 1.83. The maximum Gasteiger partial charge on any atom is 0.215 e. The van der Waals surface area contributed by atoms with Gasteiger partial charge in [-0.15, -0.1) is 0 Å². The highest BCUT2D eigenvalue weighted by Gasteiger charge is 2.12. The van der Waals surface area contributed by atoms with Crippen LogP contribution in [0.4, 0.5) is 0 Å². The van der Waals surface area contributed by atoms with E-state index in [0.717, 1.165) is 24.3 Å². The summed E-state index contributed by atoms with van der Waals surface area (Å²) in [6, 6.07) is 15.4. The molecule has 5 nitrogen and oxygen atoms in total. The van der Waals surface area contributed by atoms with Gasteiger partial charge in [0.1, 0.15) is 5.75 Å². The van der Waals surface area contributed by atoms with E-state index in [1.54, 1.807) is 0 Å². The van der Waals surface area contributed by atoms with Gasteiger partial charge >= 0.3 is 0 Å². The summed E-state index contributed by atoms with van der Waals surface area (Å²) in [6.45, 7) is 2.44. The molecule has 1 aliphatic rings. The van der Waals surface area contributed by atoms with Gasteiger partial charge in [-0.2, -0.15) is 0 Å². The molecule has 0 aliphatic carbocycles. The minimum Gasteiger partial charge on any atom is -0.493 e. The molecule has 2 aromatic carbocycles. The lowest BCUT2D eigenvalue weighted by Crippen LogP contribution is -2.32. The van der Waals surface area contributed by atoms with Crippen molar-refractivity contribution in [2.24, 2.45) is 0 Å². The maximum atomic E-state index is 12.0. The third kappa shape index (κ3) is 4.80. The molecule has 6 heteroatoms. The Hall–Kier alpha value is -1.89. The lowest BCUT2D eigenvalue weighted by atomic mass is 10.1. The van der Waals surface area contributed by atoms with E-state index in [1.807, 2.05) is 42.5 Å². The van der Waals surface area contributed by atoms with Crippen molar-refractivity contribution in [3.8, 4) is 5.75 Å². The van der Waals surface area contributed by atoms with Gasteiger partial charge in [0, 0.05) is 26.1 Å². The minimum absolute atomic E-state index is 0.0126. The molecule has 1 aliphatic heterocycles. The van der Waals surface area contributed by atoms with Crippen LogP contribution in [0.2, 0.25) is 0 Å². The average molecular weight is 346 g/mol. The SMILES string of the molecule is O=S(=O)(Cc1ccccc1)NCCNCc1ccc2c(c1)CCO2. The lowest BCUT2D eigenvalue weighted by Gasteiger charge is -2.09. The van der Waals surface area contributed by atoms with Crippen LogP contribution >= 0.6 is 0 Å². The average Bonchev–Trinajstić information content (AvgIpc) is 3.02. The van der Waals surface area contributed by atoms with Crippen LogP contribution in [0.25, 0.3) is 0 Å². The third-order valence-corrected chi connectivity index (χ3v) is 5.26. The number of ether oxygens (including phenoxy) is 1. The van der Waals surface area contributed by atoms with Gasteiger partial charge in [-0.05, 0) is 22.8 Å². The van der Waals surface area contributed by atoms with Crippen LogP contribution < -0.4 is 14.8 Å². The molecule has 3 rings (SSSR count). The highest BCUT2D eigenvalue weighted by Crippen LogP contribution is 2.25. The predicted molar refractivity (Wildman–Crippen MR) is 94.4 cm³/mol. The number of hydrogen-bond acceptors (Lipinski definition) is 4. The van der Waals surface area contributed by atoms with Crippen LogP contribution in [-0.2, 0) is 28.7 Å². The Morgan fingerprint density at radius 2 is 1.83 bits per heavy atom. The fourth-order valence-electron chi connectivity index (χ4n) is 2.72. The molecule has 0 amide bonds. The summed E-state index contributed by atoms with van der Waals surface area (Å²) < 4.78 is 32.1. The first kappa shape index (κ1) is 17.0. The second-order valence-electron chi connectivity index (χ2n) is 5.86. The Bertz CT molecular complexity index is 776. The van der Waals surface area contributed by atoms with E-state index >= 15 is 0 Å². The second-order valence-corrected chi connectivity index (χ2v) is 7.66. The highest BCUT2D eigenvalue weighted by atomic mass is 32.2. The van der Waals surface area contributed by atoms with Crippen molar-refractivity contribution in [3.05, 3.63) is 65.2 Å². The molecule has 2 N–H and O–H groups in total. The van der Waals surface area contributed by atoms with E-state index < -0.39 is 10.0 Å². The molecule has 1 heterocycles. The first-order valence-electron chi connectivity index (χ1n) is 8.09. The fourth-order valence-corrected chi connectivity index (χ4v) is 3.87. The van der Waals surface area contributed by atoms with Gasteiger partial charge in [0.2, 0.25) is 10.0 Å².